The van der Waals surface area contributed by atoms with Gasteiger partial charge >= 0.3 is 0 Å². The minimum atomic E-state index is -0.360. The molecule has 0 saturated carbocycles. The highest BCUT2D eigenvalue weighted by Gasteiger charge is 2.12. The Balaban J connectivity index is 2.25. The summed E-state index contributed by atoms with van der Waals surface area (Å²) in [5.41, 5.74) is 1.18. The normalized spacial score (nSPS) is 12.3. The van der Waals surface area contributed by atoms with E-state index in [-0.39, 0.29) is 11.9 Å². The number of nitrogens with one attached hydrogen (secondary N) is 1. The minimum Gasteiger partial charge on any atom is -0.376 e. The molecule has 0 aliphatic rings. The summed E-state index contributed by atoms with van der Waals surface area (Å²) in [5.74, 6) is -0.360. The molecule has 0 aromatic heterocycles. The van der Waals surface area contributed by atoms with Gasteiger partial charge in [0, 0.05) is 15.1 Å². The fourth-order valence-corrected chi connectivity index (χ4v) is 2.52. The molecule has 1 unspecified atom stereocenters. The van der Waals surface area contributed by atoms with Crippen molar-refractivity contribution in [1.82, 2.24) is 0 Å². The zero-order chi connectivity index (χ0) is 14.0. The van der Waals surface area contributed by atoms with E-state index in [4.69, 9.17) is 34.8 Å². The van der Waals surface area contributed by atoms with Gasteiger partial charge in [0.2, 0.25) is 0 Å². The van der Waals surface area contributed by atoms with Crippen LogP contribution < -0.4 is 5.32 Å². The van der Waals surface area contributed by atoms with Crippen molar-refractivity contribution in [1.29, 1.82) is 0 Å². The third-order valence-electron chi connectivity index (χ3n) is 2.73. The van der Waals surface area contributed by atoms with Gasteiger partial charge < -0.3 is 5.32 Å². The first-order chi connectivity index (χ1) is 8.97. The van der Waals surface area contributed by atoms with Gasteiger partial charge in [-0.05, 0) is 42.8 Å². The quantitative estimate of drug-likeness (QED) is 0.736. The lowest BCUT2D eigenvalue weighted by Crippen LogP contribution is -2.08. The van der Waals surface area contributed by atoms with Crippen LogP contribution in [0.3, 0.4) is 0 Å². The molecule has 0 spiro atoms. The summed E-state index contributed by atoms with van der Waals surface area (Å²) in [6.45, 7) is 1.88. The van der Waals surface area contributed by atoms with Crippen LogP contribution in [0.25, 0.3) is 0 Å². The first-order valence-corrected chi connectivity index (χ1v) is 6.77. The number of benzene rings is 2. The zero-order valence-corrected chi connectivity index (χ0v) is 12.3. The van der Waals surface area contributed by atoms with E-state index in [9.17, 15) is 4.39 Å². The molecule has 5 heteroatoms. The third kappa shape index (κ3) is 3.53. The second-order valence-corrected chi connectivity index (χ2v) is 5.44. The highest BCUT2D eigenvalue weighted by Crippen LogP contribution is 2.30. The summed E-state index contributed by atoms with van der Waals surface area (Å²) in [6.07, 6.45) is 0. The molecule has 19 heavy (non-hydrogen) atoms. The van der Waals surface area contributed by atoms with E-state index in [1.165, 1.54) is 18.2 Å². The molecule has 2 aromatic carbocycles. The van der Waals surface area contributed by atoms with E-state index >= 15 is 0 Å². The number of halogens is 4. The van der Waals surface area contributed by atoms with Crippen LogP contribution in [0.2, 0.25) is 15.1 Å². The number of anilines is 1. The molecule has 2 rings (SSSR count). The summed E-state index contributed by atoms with van der Waals surface area (Å²) in [6, 6.07) is 9.41. The van der Waals surface area contributed by atoms with Gasteiger partial charge in [-0.3, -0.25) is 0 Å². The van der Waals surface area contributed by atoms with Crippen LogP contribution in [-0.4, -0.2) is 0 Å². The molecule has 0 saturated heterocycles. The van der Waals surface area contributed by atoms with Crippen LogP contribution >= 0.6 is 34.8 Å². The van der Waals surface area contributed by atoms with E-state index in [0.29, 0.717) is 20.8 Å². The highest BCUT2D eigenvalue weighted by molar-refractivity contribution is 6.35. The summed E-state index contributed by atoms with van der Waals surface area (Å²) in [7, 11) is 0. The van der Waals surface area contributed by atoms with Gasteiger partial charge in [0.1, 0.15) is 5.82 Å². The molecule has 1 atom stereocenters. The Morgan fingerprint density at radius 3 is 2.32 bits per heavy atom. The van der Waals surface area contributed by atoms with Crippen molar-refractivity contribution in [3.05, 3.63) is 62.8 Å². The number of hydrogen-bond acceptors (Lipinski definition) is 1. The van der Waals surface area contributed by atoms with Crippen LogP contribution in [0, 0.1) is 5.82 Å². The maximum atomic E-state index is 13.6. The highest BCUT2D eigenvalue weighted by atomic mass is 35.5. The summed E-state index contributed by atoms with van der Waals surface area (Å²) < 4.78 is 13.6. The van der Waals surface area contributed by atoms with Crippen LogP contribution in [0.1, 0.15) is 18.5 Å². The summed E-state index contributed by atoms with van der Waals surface area (Å²) in [4.78, 5) is 0. The Morgan fingerprint density at radius 1 is 1.00 bits per heavy atom. The Labute approximate surface area is 126 Å². The van der Waals surface area contributed by atoms with Crippen molar-refractivity contribution in [2.45, 2.75) is 13.0 Å². The Hall–Kier alpha value is -0.960. The monoisotopic (exact) mass is 317 g/mol. The maximum absolute atomic E-state index is 13.6. The van der Waals surface area contributed by atoms with E-state index in [2.05, 4.69) is 5.32 Å². The molecule has 0 bridgehead atoms. The van der Waals surface area contributed by atoms with Gasteiger partial charge in [-0.1, -0.05) is 40.9 Å². The summed E-state index contributed by atoms with van der Waals surface area (Å²) in [5, 5.41) is 4.61. The third-order valence-corrected chi connectivity index (χ3v) is 3.53. The molecule has 0 heterocycles. The molecule has 1 N–H and O–H groups in total. The molecule has 0 radical (unpaired) electrons. The molecular formula is C14H11Cl3FN. The first-order valence-electron chi connectivity index (χ1n) is 5.64. The smallest absolute Gasteiger partial charge is 0.146 e. The standard InChI is InChI=1S/C14H11Cl3FN/c1-8(11-4-2-9(15)6-12(11)17)19-14-7-10(16)3-5-13(14)18/h2-8,19H,1H3. The second-order valence-electron chi connectivity index (χ2n) is 4.16. The topological polar surface area (TPSA) is 12.0 Å². The van der Waals surface area contributed by atoms with Gasteiger partial charge in [-0.15, -0.1) is 0 Å². The molecule has 0 aliphatic heterocycles. The van der Waals surface area contributed by atoms with E-state index in [1.54, 1.807) is 12.1 Å². The molecular weight excluding hydrogens is 308 g/mol. The van der Waals surface area contributed by atoms with Gasteiger partial charge in [0.25, 0.3) is 0 Å². The van der Waals surface area contributed by atoms with Crippen molar-refractivity contribution in [3.63, 3.8) is 0 Å². The second kappa shape index (κ2) is 6.00. The Morgan fingerprint density at radius 2 is 1.63 bits per heavy atom. The maximum Gasteiger partial charge on any atom is 0.146 e. The lowest BCUT2D eigenvalue weighted by atomic mass is 10.1. The summed E-state index contributed by atoms with van der Waals surface area (Å²) >= 11 is 17.8. The van der Waals surface area contributed by atoms with Crippen LogP contribution in [-0.2, 0) is 0 Å². The minimum absolute atomic E-state index is 0.169. The average Bonchev–Trinajstić information content (AvgIpc) is 2.33. The first kappa shape index (κ1) is 14.4. The predicted molar refractivity (Wildman–Crippen MR) is 79.9 cm³/mol. The number of hydrogen-bond donors (Lipinski definition) is 1. The lowest BCUT2D eigenvalue weighted by molar-refractivity contribution is 0.627. The Kier molecular flexibility index (Phi) is 4.56. The zero-order valence-electron chi connectivity index (χ0n) is 10.1. The molecule has 1 nitrogen and oxygen atoms in total. The van der Waals surface area contributed by atoms with E-state index in [0.717, 1.165) is 5.56 Å². The lowest BCUT2D eigenvalue weighted by Gasteiger charge is -2.18. The van der Waals surface area contributed by atoms with Gasteiger partial charge in [-0.2, -0.15) is 0 Å². The van der Waals surface area contributed by atoms with Gasteiger partial charge in [0.05, 0.1) is 11.7 Å². The predicted octanol–water partition coefficient (Wildman–Crippen LogP) is 5.96. The average molecular weight is 319 g/mol. The molecule has 100 valence electrons. The van der Waals surface area contributed by atoms with E-state index in [1.807, 2.05) is 13.0 Å². The fraction of sp³-hybridized carbons (Fsp3) is 0.143. The largest absolute Gasteiger partial charge is 0.376 e. The van der Waals surface area contributed by atoms with Gasteiger partial charge in [-0.25, -0.2) is 4.39 Å². The van der Waals surface area contributed by atoms with Crippen molar-refractivity contribution < 1.29 is 4.39 Å². The van der Waals surface area contributed by atoms with E-state index < -0.39 is 0 Å². The van der Waals surface area contributed by atoms with Crippen molar-refractivity contribution in [3.8, 4) is 0 Å². The Bertz CT molecular complexity index is 601. The van der Waals surface area contributed by atoms with Crippen molar-refractivity contribution >= 4 is 40.5 Å². The van der Waals surface area contributed by atoms with Crippen molar-refractivity contribution in [2.24, 2.45) is 0 Å². The SMILES string of the molecule is CC(Nc1cc(Cl)ccc1F)c1ccc(Cl)cc1Cl. The molecule has 0 amide bonds. The van der Waals surface area contributed by atoms with Gasteiger partial charge in [0.15, 0.2) is 0 Å². The van der Waals surface area contributed by atoms with Crippen LogP contribution in [0.5, 0.6) is 0 Å². The van der Waals surface area contributed by atoms with Crippen LogP contribution in [0.4, 0.5) is 10.1 Å². The number of rotatable bonds is 3. The fourth-order valence-electron chi connectivity index (χ4n) is 1.77. The molecule has 0 fully saturated rings. The van der Waals surface area contributed by atoms with Crippen molar-refractivity contribution in [2.75, 3.05) is 5.32 Å². The molecule has 0 aliphatic carbocycles. The molecule has 2 aromatic rings. The van der Waals surface area contributed by atoms with Crippen LogP contribution in [0.15, 0.2) is 36.4 Å².